The van der Waals surface area contributed by atoms with E-state index in [0.29, 0.717) is 16.9 Å². The van der Waals surface area contributed by atoms with Crippen molar-refractivity contribution in [2.45, 2.75) is 12.7 Å². The first-order valence-corrected chi connectivity index (χ1v) is 7.40. The van der Waals surface area contributed by atoms with E-state index in [1.54, 1.807) is 10.8 Å². The van der Waals surface area contributed by atoms with E-state index in [4.69, 9.17) is 0 Å². The third kappa shape index (κ3) is 2.49. The molecule has 4 nitrogen and oxygen atoms in total. The molecule has 21 heavy (non-hydrogen) atoms. The van der Waals surface area contributed by atoms with Crippen LogP contribution in [0.4, 0.5) is 0 Å². The number of benzene rings is 1. The Balaban J connectivity index is 2.25. The van der Waals surface area contributed by atoms with Crippen molar-refractivity contribution in [2.24, 2.45) is 0 Å². The summed E-state index contributed by atoms with van der Waals surface area (Å²) in [4.78, 5) is 21.5. The fraction of sp³-hybridized carbons (Fsp3) is 0.133. The van der Waals surface area contributed by atoms with Gasteiger partial charge in [-0.25, -0.2) is 9.97 Å². The number of nitrogens with zero attached hydrogens (tertiary/aromatic N) is 3. The van der Waals surface area contributed by atoms with E-state index in [1.165, 1.54) is 0 Å². The molecule has 0 spiro atoms. The van der Waals surface area contributed by atoms with E-state index in [1.807, 2.05) is 51.2 Å². The minimum atomic E-state index is -0.142. The number of aryl methyl sites for hydroxylation is 1. The van der Waals surface area contributed by atoms with Crippen molar-refractivity contribution in [3.05, 3.63) is 64.3 Å². The van der Waals surface area contributed by atoms with E-state index in [2.05, 4.69) is 19.2 Å². The van der Waals surface area contributed by atoms with Crippen LogP contribution in [-0.4, -0.2) is 22.4 Å². The average molecular weight is 295 g/mol. The monoisotopic (exact) mass is 295 g/mol. The Morgan fingerprint density at radius 2 is 2.00 bits per heavy atom. The Hall–Kier alpha value is -2.00. The van der Waals surface area contributed by atoms with Crippen molar-refractivity contribution in [1.29, 1.82) is 0 Å². The van der Waals surface area contributed by atoms with Gasteiger partial charge in [-0.2, -0.15) is 0 Å². The SMILES string of the molecule is Bc1cnc2nc(C)n(C(P)c3ccccc3)c(=O)c2c1. The first kappa shape index (κ1) is 14.0. The maximum absolute atomic E-state index is 12.8. The topological polar surface area (TPSA) is 47.8 Å². The molecule has 104 valence electrons. The minimum absolute atomic E-state index is 0.0578. The second-order valence-electron chi connectivity index (χ2n) is 5.07. The van der Waals surface area contributed by atoms with E-state index in [9.17, 15) is 4.79 Å². The van der Waals surface area contributed by atoms with Gasteiger partial charge < -0.3 is 0 Å². The van der Waals surface area contributed by atoms with Crippen LogP contribution in [-0.2, 0) is 0 Å². The van der Waals surface area contributed by atoms with Gasteiger partial charge in [0, 0.05) is 6.20 Å². The summed E-state index contributed by atoms with van der Waals surface area (Å²) in [6.45, 7) is 1.84. The Labute approximate surface area is 125 Å². The van der Waals surface area contributed by atoms with Crippen LogP contribution in [0.1, 0.15) is 17.2 Å². The molecule has 0 aliphatic carbocycles. The summed E-state index contributed by atoms with van der Waals surface area (Å²) in [6.07, 6.45) is 1.73. The van der Waals surface area contributed by atoms with Crippen molar-refractivity contribution in [2.75, 3.05) is 0 Å². The molecular formula is C15H15BN3OP. The quantitative estimate of drug-likeness (QED) is 0.518. The summed E-state index contributed by atoms with van der Waals surface area (Å²) in [5.41, 5.74) is 2.45. The molecule has 0 N–H and O–H groups in total. The smallest absolute Gasteiger partial charge is 0.263 e. The molecule has 0 fully saturated rings. The zero-order valence-electron chi connectivity index (χ0n) is 11.9. The number of hydrogen-bond acceptors (Lipinski definition) is 3. The molecule has 2 atom stereocenters. The highest BCUT2D eigenvalue weighted by atomic mass is 31.0. The first-order chi connectivity index (χ1) is 10.1. The zero-order chi connectivity index (χ0) is 15.0. The Kier molecular flexibility index (Phi) is 3.60. The first-order valence-electron chi connectivity index (χ1n) is 6.74. The van der Waals surface area contributed by atoms with E-state index in [-0.39, 0.29) is 11.3 Å². The average Bonchev–Trinajstić information content (AvgIpc) is 2.49. The van der Waals surface area contributed by atoms with E-state index in [0.717, 1.165) is 11.0 Å². The van der Waals surface area contributed by atoms with Gasteiger partial charge in [-0.05, 0) is 12.5 Å². The third-order valence-corrected chi connectivity index (χ3v) is 4.17. The van der Waals surface area contributed by atoms with Crippen LogP contribution in [0.15, 0.2) is 47.4 Å². The van der Waals surface area contributed by atoms with Crippen LogP contribution >= 0.6 is 9.24 Å². The second-order valence-corrected chi connectivity index (χ2v) is 5.71. The molecule has 0 saturated heterocycles. The van der Waals surface area contributed by atoms with Gasteiger partial charge in [-0.1, -0.05) is 41.9 Å². The predicted molar refractivity (Wildman–Crippen MR) is 91.0 cm³/mol. The molecule has 6 heteroatoms. The molecule has 3 aromatic rings. The maximum atomic E-state index is 12.8. The van der Waals surface area contributed by atoms with Crippen LogP contribution in [0.25, 0.3) is 11.0 Å². The van der Waals surface area contributed by atoms with Crippen molar-refractivity contribution < 1.29 is 0 Å². The third-order valence-electron chi connectivity index (χ3n) is 3.49. The van der Waals surface area contributed by atoms with Crippen LogP contribution in [0.5, 0.6) is 0 Å². The number of rotatable bonds is 2. The lowest BCUT2D eigenvalue weighted by molar-refractivity contribution is 0.695. The van der Waals surface area contributed by atoms with Crippen LogP contribution < -0.4 is 11.0 Å². The summed E-state index contributed by atoms with van der Waals surface area (Å²) in [5.74, 6) is 0.517. The Morgan fingerprint density at radius 3 is 2.71 bits per heavy atom. The second kappa shape index (κ2) is 5.42. The lowest BCUT2D eigenvalue weighted by Crippen LogP contribution is -2.27. The molecule has 0 radical (unpaired) electrons. The fourth-order valence-electron chi connectivity index (χ4n) is 2.42. The van der Waals surface area contributed by atoms with E-state index >= 15 is 0 Å². The molecule has 0 bridgehead atoms. The Morgan fingerprint density at radius 1 is 1.29 bits per heavy atom. The fourth-order valence-corrected chi connectivity index (χ4v) is 2.99. The van der Waals surface area contributed by atoms with Gasteiger partial charge in [-0.3, -0.25) is 9.36 Å². The van der Waals surface area contributed by atoms with Gasteiger partial charge in [0.05, 0.1) is 11.2 Å². The highest BCUT2D eigenvalue weighted by molar-refractivity contribution is 7.17. The molecule has 2 unspecified atom stereocenters. The van der Waals surface area contributed by atoms with Crippen molar-refractivity contribution in [3.63, 3.8) is 0 Å². The van der Waals surface area contributed by atoms with Crippen LogP contribution in [0.3, 0.4) is 0 Å². The molecule has 2 aromatic heterocycles. The maximum Gasteiger partial charge on any atom is 0.263 e. The highest BCUT2D eigenvalue weighted by Gasteiger charge is 2.15. The normalized spacial score (nSPS) is 12.5. The van der Waals surface area contributed by atoms with Gasteiger partial charge >= 0.3 is 0 Å². The van der Waals surface area contributed by atoms with Gasteiger partial charge in [0.2, 0.25) is 0 Å². The lowest BCUT2D eigenvalue weighted by atomic mass is 9.98. The number of fused-ring (bicyclic) bond motifs is 1. The molecule has 2 heterocycles. The number of pyridine rings is 1. The molecule has 0 aliphatic rings. The van der Waals surface area contributed by atoms with E-state index < -0.39 is 0 Å². The summed E-state index contributed by atoms with van der Waals surface area (Å²) in [5, 5.41) is 0.559. The summed E-state index contributed by atoms with van der Waals surface area (Å²) >= 11 is 0. The highest BCUT2D eigenvalue weighted by Crippen LogP contribution is 2.24. The van der Waals surface area contributed by atoms with Crippen molar-refractivity contribution in [3.8, 4) is 0 Å². The van der Waals surface area contributed by atoms with Crippen molar-refractivity contribution in [1.82, 2.24) is 14.5 Å². The standard InChI is InChI=1S/C15H15BN3OP/c1-9-18-13-12(7-11(16)8-17-13)14(20)19(9)15(21)10-5-3-2-4-6-10/h2-8,15H,16,21H2,1H3. The van der Waals surface area contributed by atoms with Crippen LogP contribution in [0, 0.1) is 6.92 Å². The number of hydrogen-bond donors (Lipinski definition) is 0. The summed E-state index contributed by atoms with van der Waals surface area (Å²) < 4.78 is 1.70. The van der Waals surface area contributed by atoms with Crippen molar-refractivity contribution >= 4 is 33.6 Å². The number of aromatic nitrogens is 3. The molecular weight excluding hydrogens is 280 g/mol. The van der Waals surface area contributed by atoms with Gasteiger partial charge in [0.25, 0.3) is 5.56 Å². The van der Waals surface area contributed by atoms with Crippen LogP contribution in [0.2, 0.25) is 0 Å². The molecule has 0 amide bonds. The largest absolute Gasteiger partial charge is 0.285 e. The predicted octanol–water partition coefficient (Wildman–Crippen LogP) is 0.780. The molecule has 1 aromatic carbocycles. The molecule has 0 aliphatic heterocycles. The molecule has 0 saturated carbocycles. The molecule has 3 rings (SSSR count). The van der Waals surface area contributed by atoms with Gasteiger partial charge in [-0.15, -0.1) is 9.24 Å². The minimum Gasteiger partial charge on any atom is -0.285 e. The summed E-state index contributed by atoms with van der Waals surface area (Å²) in [6, 6.07) is 11.7. The van der Waals surface area contributed by atoms with Gasteiger partial charge in [0.15, 0.2) is 5.65 Å². The lowest BCUT2D eigenvalue weighted by Gasteiger charge is -2.18. The Bertz CT molecular complexity index is 864. The van der Waals surface area contributed by atoms with Gasteiger partial charge in [0.1, 0.15) is 13.7 Å². The zero-order valence-corrected chi connectivity index (χ0v) is 13.1. The summed E-state index contributed by atoms with van der Waals surface area (Å²) in [7, 11) is 4.64.